The predicted octanol–water partition coefficient (Wildman–Crippen LogP) is 2.69. The smallest absolute Gasteiger partial charge is 0.271 e. The van der Waals surface area contributed by atoms with Gasteiger partial charge in [0.05, 0.1) is 26.9 Å². The Bertz CT molecular complexity index is 830. The molecule has 10 heteroatoms. The van der Waals surface area contributed by atoms with Crippen molar-refractivity contribution in [3.63, 3.8) is 0 Å². The molecule has 0 bridgehead atoms. The van der Waals surface area contributed by atoms with E-state index in [4.69, 9.17) is 18.9 Å². The number of hydrogen-bond acceptors (Lipinski definition) is 7. The van der Waals surface area contributed by atoms with Crippen LogP contribution in [0.1, 0.15) is 38.7 Å². The summed E-state index contributed by atoms with van der Waals surface area (Å²) in [6.07, 6.45) is 2.60. The summed E-state index contributed by atoms with van der Waals surface area (Å²) in [7, 11) is 4.76. The second-order valence-electron chi connectivity index (χ2n) is 8.27. The van der Waals surface area contributed by atoms with Gasteiger partial charge < -0.3 is 29.4 Å². The average Bonchev–Trinajstić information content (AvgIpc) is 3.17. The van der Waals surface area contributed by atoms with Crippen LogP contribution >= 0.6 is 0 Å². The van der Waals surface area contributed by atoms with E-state index in [1.54, 1.807) is 14.2 Å². The van der Waals surface area contributed by atoms with Crippen LogP contribution in [0, 0.1) is 11.8 Å². The number of rotatable bonds is 14. The third-order valence-corrected chi connectivity index (χ3v) is 6.18. The molecule has 1 aromatic rings. The second kappa shape index (κ2) is 14.2. The van der Waals surface area contributed by atoms with E-state index in [0.29, 0.717) is 43.1 Å². The largest absolute Gasteiger partial charge is 0.493 e. The fourth-order valence-electron chi connectivity index (χ4n) is 3.54. The Kier molecular flexibility index (Phi) is 11.6. The molecule has 1 aliphatic rings. The highest BCUT2D eigenvalue weighted by molar-refractivity contribution is 7.83. The third-order valence-electron chi connectivity index (χ3n) is 5.52. The van der Waals surface area contributed by atoms with Gasteiger partial charge in [-0.1, -0.05) is 19.9 Å². The Morgan fingerprint density at radius 2 is 1.85 bits per heavy atom. The summed E-state index contributed by atoms with van der Waals surface area (Å²) < 4.78 is 40.5. The van der Waals surface area contributed by atoms with Gasteiger partial charge in [-0.25, -0.2) is 4.21 Å². The Balaban J connectivity index is 1.90. The number of methoxy groups -OCH3 is 3. The summed E-state index contributed by atoms with van der Waals surface area (Å²) in [5.41, 5.74) is 1.17. The first-order valence-corrected chi connectivity index (χ1v) is 12.3. The maximum absolute atomic E-state index is 11.4. The minimum Gasteiger partial charge on any atom is -0.493 e. The number of benzene rings is 1. The van der Waals surface area contributed by atoms with Crippen LogP contribution in [0.25, 0.3) is 0 Å². The van der Waals surface area contributed by atoms with Crippen molar-refractivity contribution in [2.24, 2.45) is 20.6 Å². The molecule has 3 unspecified atom stereocenters. The van der Waals surface area contributed by atoms with E-state index in [2.05, 4.69) is 34.0 Å². The van der Waals surface area contributed by atoms with Crippen molar-refractivity contribution in [2.75, 3.05) is 41.1 Å². The zero-order valence-corrected chi connectivity index (χ0v) is 21.0. The van der Waals surface area contributed by atoms with Crippen molar-refractivity contribution >= 4 is 22.9 Å². The molecular weight excluding hydrogens is 446 g/mol. The highest BCUT2D eigenvalue weighted by Gasteiger charge is 2.21. The van der Waals surface area contributed by atoms with Gasteiger partial charge >= 0.3 is 0 Å². The third kappa shape index (κ3) is 8.94. The summed E-state index contributed by atoms with van der Waals surface area (Å²) in [5, 5.41) is 13.4. The fraction of sp³-hybridized carbons (Fsp3) is 0.652. The number of aliphatic hydroxyl groups is 1. The quantitative estimate of drug-likeness (QED) is 0.391. The van der Waals surface area contributed by atoms with Gasteiger partial charge in [0, 0.05) is 26.7 Å². The maximum atomic E-state index is 11.4. The summed E-state index contributed by atoms with van der Waals surface area (Å²) in [6.45, 7) is 5.90. The van der Waals surface area contributed by atoms with Gasteiger partial charge in [-0.05, 0) is 48.8 Å². The molecule has 0 aliphatic carbocycles. The van der Waals surface area contributed by atoms with E-state index in [1.165, 1.54) is 12.7 Å². The highest BCUT2D eigenvalue weighted by atomic mass is 32.2. The molecule has 1 heterocycles. The van der Waals surface area contributed by atoms with Crippen molar-refractivity contribution < 1.29 is 28.3 Å². The van der Waals surface area contributed by atoms with Crippen molar-refractivity contribution in [1.82, 2.24) is 5.32 Å². The van der Waals surface area contributed by atoms with E-state index < -0.39 is 17.3 Å². The molecule has 0 saturated heterocycles. The zero-order chi connectivity index (χ0) is 24.2. The lowest BCUT2D eigenvalue weighted by Crippen LogP contribution is -2.36. The molecule has 0 aromatic heterocycles. The van der Waals surface area contributed by atoms with Crippen molar-refractivity contribution in [3.05, 3.63) is 23.8 Å². The predicted molar refractivity (Wildman–Crippen MR) is 130 cm³/mol. The maximum Gasteiger partial charge on any atom is 0.271 e. The van der Waals surface area contributed by atoms with Crippen LogP contribution in [0.15, 0.2) is 27.0 Å². The number of nitrogens with zero attached hydrogens (tertiary/aromatic N) is 2. The molecule has 0 fully saturated rings. The lowest BCUT2D eigenvalue weighted by atomic mass is 9.85. The van der Waals surface area contributed by atoms with Crippen molar-refractivity contribution in [1.29, 1.82) is 0 Å². The first-order valence-electron chi connectivity index (χ1n) is 11.2. The lowest BCUT2D eigenvalue weighted by Gasteiger charge is -2.23. The number of hydrogen-bond donors (Lipinski definition) is 2. The van der Waals surface area contributed by atoms with Crippen LogP contribution in [0.4, 0.5) is 0 Å². The van der Waals surface area contributed by atoms with Crippen LogP contribution in [0.3, 0.4) is 0 Å². The molecule has 33 heavy (non-hydrogen) atoms. The summed E-state index contributed by atoms with van der Waals surface area (Å²) in [6, 6.07) is 6.06. The lowest BCUT2D eigenvalue weighted by molar-refractivity contribution is 0.151. The van der Waals surface area contributed by atoms with Crippen LogP contribution in [0.2, 0.25) is 0 Å². The van der Waals surface area contributed by atoms with Crippen LogP contribution in [-0.4, -0.2) is 68.2 Å². The van der Waals surface area contributed by atoms with Gasteiger partial charge in [-0.2, -0.15) is 0 Å². The van der Waals surface area contributed by atoms with Crippen LogP contribution in [-0.2, 0) is 27.1 Å². The van der Waals surface area contributed by atoms with Crippen molar-refractivity contribution in [2.45, 2.75) is 45.6 Å². The second-order valence-corrected chi connectivity index (χ2v) is 9.10. The molecule has 186 valence electrons. The van der Waals surface area contributed by atoms with Crippen molar-refractivity contribution in [3.8, 4) is 11.5 Å². The van der Waals surface area contributed by atoms with Crippen LogP contribution in [0.5, 0.6) is 11.5 Å². The molecular formula is C23H37N3O6S. The SMILES string of the molecule is COCCCOc1cc(CC(CCC(O)CNC2=NS(=O)N=C2OC)C(C)C)ccc1OC. The average molecular weight is 484 g/mol. The number of aliphatic hydroxyl groups excluding tert-OH is 1. The minimum atomic E-state index is -1.66. The molecule has 0 spiro atoms. The van der Waals surface area contributed by atoms with Gasteiger partial charge in [0.15, 0.2) is 11.5 Å². The first-order chi connectivity index (χ1) is 15.9. The zero-order valence-electron chi connectivity index (χ0n) is 20.2. The fourth-order valence-corrected chi connectivity index (χ4v) is 4.18. The molecule has 0 saturated carbocycles. The Labute approximate surface area is 199 Å². The Hall–Kier alpha value is -2.17. The molecule has 0 amide bonds. The minimum absolute atomic E-state index is 0.195. The van der Waals surface area contributed by atoms with Gasteiger partial charge in [0.2, 0.25) is 5.84 Å². The molecule has 1 aromatic carbocycles. The summed E-state index contributed by atoms with van der Waals surface area (Å²) in [5.74, 6) is 2.80. The number of amidine groups is 1. The Morgan fingerprint density at radius 3 is 2.52 bits per heavy atom. The van der Waals surface area contributed by atoms with Crippen LogP contribution < -0.4 is 14.8 Å². The van der Waals surface area contributed by atoms with E-state index in [9.17, 15) is 9.32 Å². The molecule has 3 atom stereocenters. The summed E-state index contributed by atoms with van der Waals surface area (Å²) in [4.78, 5) is 0. The number of ether oxygens (including phenoxy) is 4. The van der Waals surface area contributed by atoms with E-state index in [0.717, 1.165) is 25.0 Å². The normalized spacial score (nSPS) is 17.4. The first kappa shape index (κ1) is 27.1. The highest BCUT2D eigenvalue weighted by Crippen LogP contribution is 2.31. The Morgan fingerprint density at radius 1 is 1.06 bits per heavy atom. The van der Waals surface area contributed by atoms with Gasteiger partial charge in [-0.3, -0.25) is 0 Å². The topological polar surface area (TPSA) is 111 Å². The van der Waals surface area contributed by atoms with E-state index in [-0.39, 0.29) is 12.4 Å². The molecule has 9 nitrogen and oxygen atoms in total. The summed E-state index contributed by atoms with van der Waals surface area (Å²) >= 11 is -1.66. The van der Waals surface area contributed by atoms with E-state index >= 15 is 0 Å². The molecule has 0 radical (unpaired) electrons. The van der Waals surface area contributed by atoms with Gasteiger partial charge in [0.25, 0.3) is 17.1 Å². The number of nitrogens with one attached hydrogen (secondary N) is 1. The molecule has 2 N–H and O–H groups in total. The van der Waals surface area contributed by atoms with Gasteiger partial charge in [-0.15, -0.1) is 8.80 Å². The van der Waals surface area contributed by atoms with E-state index in [1.807, 2.05) is 12.1 Å². The monoisotopic (exact) mass is 483 g/mol. The standard InChI is InChI=1S/C23H37N3O6S/c1-16(2)18(8-9-19(27)15-24-22-23(31-5)26-33(28)25-22)13-17-7-10-20(30-4)21(14-17)32-12-6-11-29-3/h7,10,14,16,18-19,27H,6,8-9,11-13,15H2,1-5H3,(H,24,25). The van der Waals surface area contributed by atoms with Gasteiger partial charge in [0.1, 0.15) is 0 Å². The molecule has 1 aliphatic heterocycles. The molecule has 2 rings (SSSR count).